The third-order valence-corrected chi connectivity index (χ3v) is 2.11. The molecule has 0 atom stereocenters. The average molecular weight is 201 g/mol. The Morgan fingerprint density at radius 1 is 1.27 bits per heavy atom. The van der Waals surface area contributed by atoms with E-state index in [4.69, 9.17) is 0 Å². The van der Waals surface area contributed by atoms with Gasteiger partial charge in [-0.3, -0.25) is 0 Å². The predicted molar refractivity (Wildman–Crippen MR) is 53.8 cm³/mol. The number of aromatic nitrogens is 5. The highest BCUT2D eigenvalue weighted by molar-refractivity contribution is 5.75. The number of imidazole rings is 1. The summed E-state index contributed by atoms with van der Waals surface area (Å²) in [6.07, 6.45) is 1.39. The fourth-order valence-electron chi connectivity index (χ4n) is 1.43. The molecule has 3 aromatic rings. The van der Waals surface area contributed by atoms with Crippen LogP contribution in [0.5, 0.6) is 0 Å². The fraction of sp³-hybridized carbons (Fsp3) is 0. The molecule has 6 nitrogen and oxygen atoms in total. The Kier molecular flexibility index (Phi) is 1.49. The van der Waals surface area contributed by atoms with Crippen LogP contribution in [0, 0.1) is 0 Å². The summed E-state index contributed by atoms with van der Waals surface area (Å²) in [5, 5.41) is 2.51. The zero-order chi connectivity index (χ0) is 10.3. The molecule has 2 heterocycles. The summed E-state index contributed by atoms with van der Waals surface area (Å²) < 4.78 is 1.45. The van der Waals surface area contributed by atoms with Gasteiger partial charge in [-0.25, -0.2) is 19.6 Å². The van der Waals surface area contributed by atoms with Crippen LogP contribution in [0.2, 0.25) is 0 Å². The van der Waals surface area contributed by atoms with Gasteiger partial charge in [-0.15, -0.1) is 0 Å². The molecule has 0 aliphatic heterocycles. The van der Waals surface area contributed by atoms with Crippen molar-refractivity contribution in [2.75, 3.05) is 0 Å². The van der Waals surface area contributed by atoms with E-state index in [1.807, 2.05) is 24.3 Å². The number of hydrogen-bond acceptors (Lipinski definition) is 3. The van der Waals surface area contributed by atoms with Crippen molar-refractivity contribution in [3.8, 4) is 5.95 Å². The monoisotopic (exact) mass is 201 g/mol. The van der Waals surface area contributed by atoms with Crippen molar-refractivity contribution in [3.63, 3.8) is 0 Å². The summed E-state index contributed by atoms with van der Waals surface area (Å²) >= 11 is 0. The summed E-state index contributed by atoms with van der Waals surface area (Å²) in [5.74, 6) is 0.547. The molecule has 2 aromatic heterocycles. The Morgan fingerprint density at radius 3 is 2.87 bits per heavy atom. The minimum atomic E-state index is -0.393. The Morgan fingerprint density at radius 2 is 2.13 bits per heavy atom. The number of aromatic amines is 2. The van der Waals surface area contributed by atoms with Gasteiger partial charge in [0.2, 0.25) is 5.95 Å². The number of H-pyrrole nitrogens is 2. The van der Waals surface area contributed by atoms with E-state index in [1.165, 1.54) is 11.0 Å². The summed E-state index contributed by atoms with van der Waals surface area (Å²) in [6.45, 7) is 0. The smallest absolute Gasteiger partial charge is 0.322 e. The van der Waals surface area contributed by atoms with Crippen molar-refractivity contribution >= 4 is 11.0 Å². The van der Waals surface area contributed by atoms with E-state index < -0.39 is 5.69 Å². The summed E-state index contributed by atoms with van der Waals surface area (Å²) in [4.78, 5) is 21.8. The Balaban J connectivity index is 2.24. The minimum absolute atomic E-state index is 0.393. The van der Waals surface area contributed by atoms with Crippen LogP contribution in [0.15, 0.2) is 35.4 Å². The van der Waals surface area contributed by atoms with Crippen LogP contribution in [-0.2, 0) is 0 Å². The fourth-order valence-corrected chi connectivity index (χ4v) is 1.43. The maximum Gasteiger partial charge on any atom is 0.361 e. The Hall–Kier alpha value is -2.37. The Bertz CT molecular complexity index is 629. The van der Waals surface area contributed by atoms with Gasteiger partial charge in [0.25, 0.3) is 0 Å². The van der Waals surface area contributed by atoms with Gasteiger partial charge < -0.3 is 4.98 Å². The third kappa shape index (κ3) is 1.23. The Labute approximate surface area is 83.6 Å². The predicted octanol–water partition coefficient (Wildman–Crippen LogP) is 0.437. The number of nitrogens with zero attached hydrogens (tertiary/aromatic N) is 3. The lowest BCUT2D eigenvalue weighted by atomic mass is 10.3. The van der Waals surface area contributed by atoms with Gasteiger partial charge in [0, 0.05) is 0 Å². The molecule has 2 N–H and O–H groups in total. The molecule has 0 radical (unpaired) electrons. The van der Waals surface area contributed by atoms with Crippen LogP contribution in [0.1, 0.15) is 0 Å². The molecular weight excluding hydrogens is 194 g/mol. The highest BCUT2D eigenvalue weighted by Gasteiger charge is 2.03. The zero-order valence-electron chi connectivity index (χ0n) is 7.64. The summed E-state index contributed by atoms with van der Waals surface area (Å²) in [5.41, 5.74) is 1.37. The SMILES string of the molecule is O=c1ncn(-c2nc3ccccc3[nH]2)[nH]1. The normalized spacial score (nSPS) is 10.9. The van der Waals surface area contributed by atoms with Crippen LogP contribution >= 0.6 is 0 Å². The van der Waals surface area contributed by atoms with Gasteiger partial charge in [-0.1, -0.05) is 12.1 Å². The highest BCUT2D eigenvalue weighted by Crippen LogP contribution is 2.11. The molecule has 0 saturated heterocycles. The van der Waals surface area contributed by atoms with Crippen LogP contribution < -0.4 is 5.69 Å². The van der Waals surface area contributed by atoms with Gasteiger partial charge >= 0.3 is 5.69 Å². The molecule has 3 rings (SSSR count). The maximum atomic E-state index is 10.8. The average Bonchev–Trinajstić information content (AvgIpc) is 2.82. The first-order chi connectivity index (χ1) is 7.33. The van der Waals surface area contributed by atoms with Crippen molar-refractivity contribution in [1.29, 1.82) is 0 Å². The van der Waals surface area contributed by atoms with Crippen molar-refractivity contribution in [3.05, 3.63) is 41.1 Å². The van der Waals surface area contributed by atoms with Crippen LogP contribution in [-0.4, -0.2) is 24.7 Å². The molecule has 0 spiro atoms. The first kappa shape index (κ1) is 7.98. The van der Waals surface area contributed by atoms with Crippen molar-refractivity contribution in [2.45, 2.75) is 0 Å². The third-order valence-electron chi connectivity index (χ3n) is 2.11. The van der Waals surface area contributed by atoms with Gasteiger partial charge in [-0.2, -0.15) is 4.98 Å². The van der Waals surface area contributed by atoms with E-state index in [-0.39, 0.29) is 0 Å². The van der Waals surface area contributed by atoms with Crippen molar-refractivity contribution in [1.82, 2.24) is 24.7 Å². The van der Waals surface area contributed by atoms with Crippen molar-refractivity contribution in [2.24, 2.45) is 0 Å². The standard InChI is InChI=1S/C9H7N5O/c15-9-10-5-14(13-9)8-11-6-3-1-2-4-7(6)12-8/h1-5H,(H,11,12)(H,13,15). The summed E-state index contributed by atoms with van der Waals surface area (Å²) in [6, 6.07) is 7.63. The number of hydrogen-bond donors (Lipinski definition) is 2. The van der Waals surface area contributed by atoms with Gasteiger partial charge in [-0.05, 0) is 12.1 Å². The molecule has 74 valence electrons. The molecule has 0 aliphatic rings. The molecule has 0 fully saturated rings. The van der Waals surface area contributed by atoms with E-state index >= 15 is 0 Å². The second kappa shape index (κ2) is 2.81. The lowest BCUT2D eigenvalue weighted by molar-refractivity contribution is 0.816. The lowest BCUT2D eigenvalue weighted by Gasteiger charge is -1.91. The maximum absolute atomic E-state index is 10.8. The quantitative estimate of drug-likeness (QED) is 0.599. The molecule has 15 heavy (non-hydrogen) atoms. The molecule has 0 amide bonds. The molecule has 0 aliphatic carbocycles. The molecular formula is C9H7N5O. The minimum Gasteiger partial charge on any atom is -0.322 e. The first-order valence-corrected chi connectivity index (χ1v) is 4.42. The van der Waals surface area contributed by atoms with Crippen LogP contribution in [0.4, 0.5) is 0 Å². The molecule has 6 heteroatoms. The summed E-state index contributed by atoms with van der Waals surface area (Å²) in [7, 11) is 0. The van der Waals surface area contributed by atoms with E-state index in [9.17, 15) is 4.79 Å². The molecule has 0 bridgehead atoms. The molecule has 1 aromatic carbocycles. The van der Waals surface area contributed by atoms with Crippen molar-refractivity contribution < 1.29 is 0 Å². The van der Waals surface area contributed by atoms with E-state index in [2.05, 4.69) is 20.1 Å². The van der Waals surface area contributed by atoms with Gasteiger partial charge in [0.1, 0.15) is 6.33 Å². The second-order valence-electron chi connectivity index (χ2n) is 3.11. The van der Waals surface area contributed by atoms with E-state index in [0.717, 1.165) is 11.0 Å². The van der Waals surface area contributed by atoms with E-state index in [1.54, 1.807) is 0 Å². The molecule has 0 saturated carbocycles. The largest absolute Gasteiger partial charge is 0.361 e. The van der Waals surface area contributed by atoms with Crippen LogP contribution in [0.25, 0.3) is 17.0 Å². The number of rotatable bonds is 1. The molecule has 0 unspecified atom stereocenters. The lowest BCUT2D eigenvalue weighted by Crippen LogP contribution is -2.05. The number of para-hydroxylation sites is 2. The second-order valence-corrected chi connectivity index (χ2v) is 3.11. The zero-order valence-corrected chi connectivity index (χ0v) is 7.64. The number of fused-ring (bicyclic) bond motifs is 1. The number of benzene rings is 1. The van der Waals surface area contributed by atoms with Crippen LogP contribution in [0.3, 0.4) is 0 Å². The van der Waals surface area contributed by atoms with Gasteiger partial charge in [0.15, 0.2) is 0 Å². The highest BCUT2D eigenvalue weighted by atomic mass is 16.1. The van der Waals surface area contributed by atoms with E-state index in [0.29, 0.717) is 5.95 Å². The van der Waals surface area contributed by atoms with Gasteiger partial charge in [0.05, 0.1) is 11.0 Å². The first-order valence-electron chi connectivity index (χ1n) is 4.42. The topological polar surface area (TPSA) is 79.4 Å². The number of nitrogens with one attached hydrogen (secondary N) is 2.